The smallest absolute Gasteiger partial charge is 0.279 e. The molecule has 0 spiro atoms. The third kappa shape index (κ3) is 4.58. The van der Waals surface area contributed by atoms with E-state index in [1.54, 1.807) is 0 Å². The van der Waals surface area contributed by atoms with Crippen LogP contribution in [0.25, 0.3) is 0 Å². The molecule has 0 fully saturated rings. The van der Waals surface area contributed by atoms with Crippen molar-refractivity contribution in [3.8, 4) is 0 Å². The molecule has 1 atom stereocenters. The van der Waals surface area contributed by atoms with Crippen LogP contribution >= 0.6 is 11.6 Å². The Bertz CT molecular complexity index is 653. The quantitative estimate of drug-likeness (QED) is 0.873. The van der Waals surface area contributed by atoms with Gasteiger partial charge in [0, 0.05) is 16.3 Å². The fraction of sp³-hybridized carbons (Fsp3) is 0.278. The second-order valence-electron chi connectivity index (χ2n) is 5.73. The molecule has 0 radical (unpaired) electrons. The first kappa shape index (κ1) is 16.5. The van der Waals surface area contributed by atoms with Gasteiger partial charge < -0.3 is 10.2 Å². The van der Waals surface area contributed by atoms with Crippen LogP contribution in [0.1, 0.15) is 16.7 Å². The first-order chi connectivity index (χ1) is 10.5. The van der Waals surface area contributed by atoms with E-state index in [1.807, 2.05) is 63.4 Å². The SMILES string of the molecule is Cc1cccc(NC(=O)C[NH+](C)Cc2ccc(Cl)cc2)c1C. The second kappa shape index (κ2) is 7.43. The summed E-state index contributed by atoms with van der Waals surface area (Å²) in [6.45, 7) is 5.28. The molecule has 1 amide bonds. The molecular weight excluding hydrogens is 296 g/mol. The minimum atomic E-state index is 0.0279. The van der Waals surface area contributed by atoms with Crippen molar-refractivity contribution in [2.24, 2.45) is 0 Å². The number of halogens is 1. The lowest BCUT2D eigenvalue weighted by atomic mass is 10.1. The summed E-state index contributed by atoms with van der Waals surface area (Å²) in [6.07, 6.45) is 0. The third-order valence-corrected chi connectivity index (χ3v) is 4.01. The summed E-state index contributed by atoms with van der Waals surface area (Å²) in [5, 5.41) is 3.73. The Morgan fingerprint density at radius 1 is 1.14 bits per heavy atom. The Morgan fingerprint density at radius 2 is 1.82 bits per heavy atom. The lowest BCUT2D eigenvalue weighted by Gasteiger charge is -2.15. The maximum Gasteiger partial charge on any atom is 0.279 e. The maximum atomic E-state index is 12.2. The second-order valence-corrected chi connectivity index (χ2v) is 6.17. The lowest BCUT2D eigenvalue weighted by molar-refractivity contribution is -0.885. The Balaban J connectivity index is 1.91. The molecule has 0 aliphatic carbocycles. The highest BCUT2D eigenvalue weighted by Crippen LogP contribution is 2.17. The zero-order valence-corrected chi connectivity index (χ0v) is 14.0. The van der Waals surface area contributed by atoms with Crippen LogP contribution in [0.15, 0.2) is 42.5 Å². The largest absolute Gasteiger partial charge is 0.326 e. The van der Waals surface area contributed by atoms with Crippen LogP contribution in [0.3, 0.4) is 0 Å². The van der Waals surface area contributed by atoms with Crippen molar-refractivity contribution in [3.63, 3.8) is 0 Å². The van der Waals surface area contributed by atoms with Gasteiger partial charge in [0.25, 0.3) is 5.91 Å². The number of hydrogen-bond acceptors (Lipinski definition) is 1. The average Bonchev–Trinajstić information content (AvgIpc) is 2.46. The molecule has 0 aromatic heterocycles. The number of rotatable bonds is 5. The number of quaternary nitrogens is 1. The van der Waals surface area contributed by atoms with Crippen LogP contribution in [0.4, 0.5) is 5.69 Å². The third-order valence-electron chi connectivity index (χ3n) is 3.76. The van der Waals surface area contributed by atoms with E-state index in [-0.39, 0.29) is 5.91 Å². The average molecular weight is 318 g/mol. The molecule has 0 aliphatic rings. The summed E-state index contributed by atoms with van der Waals surface area (Å²) in [6, 6.07) is 13.7. The summed E-state index contributed by atoms with van der Waals surface area (Å²) in [5.41, 5.74) is 4.36. The summed E-state index contributed by atoms with van der Waals surface area (Å²) in [5.74, 6) is 0.0279. The van der Waals surface area contributed by atoms with Gasteiger partial charge >= 0.3 is 0 Å². The molecule has 116 valence electrons. The van der Waals surface area contributed by atoms with Crippen molar-refractivity contribution < 1.29 is 9.69 Å². The van der Waals surface area contributed by atoms with Crippen LogP contribution < -0.4 is 10.2 Å². The van der Waals surface area contributed by atoms with Crippen LogP contribution in [-0.4, -0.2) is 19.5 Å². The fourth-order valence-electron chi connectivity index (χ4n) is 2.37. The highest BCUT2D eigenvalue weighted by atomic mass is 35.5. The number of aryl methyl sites for hydroxylation is 1. The lowest BCUT2D eigenvalue weighted by Crippen LogP contribution is -3.08. The van der Waals surface area contributed by atoms with Gasteiger partial charge in [-0.2, -0.15) is 0 Å². The topological polar surface area (TPSA) is 33.5 Å². The normalized spacial score (nSPS) is 12.0. The van der Waals surface area contributed by atoms with Crippen LogP contribution in [-0.2, 0) is 11.3 Å². The Labute approximate surface area is 136 Å². The van der Waals surface area contributed by atoms with E-state index < -0.39 is 0 Å². The first-order valence-electron chi connectivity index (χ1n) is 7.37. The Hall–Kier alpha value is -1.84. The molecule has 0 bridgehead atoms. The van der Waals surface area contributed by atoms with Crippen molar-refractivity contribution in [1.29, 1.82) is 0 Å². The molecule has 3 nitrogen and oxygen atoms in total. The molecule has 2 aromatic rings. The first-order valence-corrected chi connectivity index (χ1v) is 7.75. The van der Waals surface area contributed by atoms with Crippen molar-refractivity contribution >= 4 is 23.2 Å². The van der Waals surface area contributed by atoms with Gasteiger partial charge in [0.15, 0.2) is 6.54 Å². The standard InChI is InChI=1S/C18H21ClN2O/c1-13-5-4-6-17(14(13)2)20-18(22)12-21(3)11-15-7-9-16(19)10-8-15/h4-10H,11-12H2,1-3H3,(H,20,22)/p+1. The summed E-state index contributed by atoms with van der Waals surface area (Å²) in [7, 11) is 2.01. The van der Waals surface area contributed by atoms with E-state index in [9.17, 15) is 4.79 Å². The van der Waals surface area contributed by atoms with Gasteiger partial charge in [-0.25, -0.2) is 0 Å². The predicted molar refractivity (Wildman–Crippen MR) is 91.5 cm³/mol. The number of hydrogen-bond donors (Lipinski definition) is 2. The molecule has 4 heteroatoms. The number of amides is 1. The molecule has 0 saturated heterocycles. The summed E-state index contributed by atoms with van der Waals surface area (Å²) < 4.78 is 0. The number of carbonyl (C=O) groups excluding carboxylic acids is 1. The van der Waals surface area contributed by atoms with Gasteiger partial charge in [-0.05, 0) is 43.2 Å². The van der Waals surface area contributed by atoms with Gasteiger partial charge in [-0.3, -0.25) is 4.79 Å². The molecule has 2 aromatic carbocycles. The highest BCUT2D eigenvalue weighted by Gasteiger charge is 2.12. The maximum absolute atomic E-state index is 12.2. The molecule has 0 heterocycles. The zero-order valence-electron chi connectivity index (χ0n) is 13.2. The van der Waals surface area contributed by atoms with Crippen molar-refractivity contribution in [1.82, 2.24) is 0 Å². The van der Waals surface area contributed by atoms with Gasteiger partial charge in [0.05, 0.1) is 7.05 Å². The molecule has 0 aliphatic heterocycles. The van der Waals surface area contributed by atoms with Crippen LogP contribution in [0, 0.1) is 13.8 Å². The monoisotopic (exact) mass is 317 g/mol. The number of benzene rings is 2. The number of anilines is 1. The van der Waals surface area contributed by atoms with Gasteiger partial charge in [0.2, 0.25) is 0 Å². The number of nitrogens with one attached hydrogen (secondary N) is 2. The van der Waals surface area contributed by atoms with Gasteiger partial charge in [-0.15, -0.1) is 0 Å². The summed E-state index contributed by atoms with van der Waals surface area (Å²) in [4.78, 5) is 13.3. The molecule has 1 unspecified atom stereocenters. The minimum Gasteiger partial charge on any atom is -0.326 e. The zero-order chi connectivity index (χ0) is 16.1. The van der Waals surface area contributed by atoms with Gasteiger partial charge in [0.1, 0.15) is 6.54 Å². The van der Waals surface area contributed by atoms with E-state index >= 15 is 0 Å². The Kier molecular flexibility index (Phi) is 5.58. The molecule has 2 N–H and O–H groups in total. The van der Waals surface area contributed by atoms with E-state index in [2.05, 4.69) is 5.32 Å². The van der Waals surface area contributed by atoms with E-state index in [4.69, 9.17) is 11.6 Å². The predicted octanol–water partition coefficient (Wildman–Crippen LogP) is 2.61. The molecule has 0 saturated carbocycles. The van der Waals surface area contributed by atoms with Crippen LogP contribution in [0.2, 0.25) is 5.02 Å². The Morgan fingerprint density at radius 3 is 2.50 bits per heavy atom. The molecule has 2 rings (SSSR count). The van der Waals surface area contributed by atoms with E-state index in [1.165, 1.54) is 11.1 Å². The highest BCUT2D eigenvalue weighted by molar-refractivity contribution is 6.30. The minimum absolute atomic E-state index is 0.0279. The molecular formula is C18H22ClN2O+. The van der Waals surface area contributed by atoms with Crippen molar-refractivity contribution in [2.75, 3.05) is 18.9 Å². The van der Waals surface area contributed by atoms with E-state index in [0.29, 0.717) is 6.54 Å². The summed E-state index contributed by atoms with van der Waals surface area (Å²) >= 11 is 5.88. The van der Waals surface area contributed by atoms with Crippen molar-refractivity contribution in [2.45, 2.75) is 20.4 Å². The van der Waals surface area contributed by atoms with Crippen LogP contribution in [0.5, 0.6) is 0 Å². The fourth-order valence-corrected chi connectivity index (χ4v) is 2.49. The van der Waals surface area contributed by atoms with Crippen molar-refractivity contribution in [3.05, 3.63) is 64.2 Å². The number of carbonyl (C=O) groups is 1. The molecule has 22 heavy (non-hydrogen) atoms. The van der Waals surface area contributed by atoms with E-state index in [0.717, 1.165) is 27.7 Å². The van der Waals surface area contributed by atoms with Gasteiger partial charge in [-0.1, -0.05) is 35.9 Å². The number of likely N-dealkylation sites (N-methyl/N-ethyl adjacent to an activating group) is 1.